The fourth-order valence-electron chi connectivity index (χ4n) is 8.09. The Morgan fingerprint density at radius 1 is 0.780 bits per heavy atom. The molecule has 4 fully saturated rings. The number of aliphatic hydroxyl groups is 2. The average Bonchev–Trinajstić information content (AvgIpc) is 3.91. The minimum atomic E-state index is -0.443. The van der Waals surface area contributed by atoms with Crippen molar-refractivity contribution in [3.63, 3.8) is 0 Å². The van der Waals surface area contributed by atoms with Gasteiger partial charge in [-0.25, -0.2) is 0 Å². The fraction of sp³-hybridized carbons (Fsp3) is 0.683. The molecule has 2 saturated carbocycles. The number of nitrogens with two attached hydrogens (primary N) is 1. The molecule has 2 aliphatic heterocycles. The lowest BCUT2D eigenvalue weighted by Gasteiger charge is -2.45. The first-order valence-corrected chi connectivity index (χ1v) is 19.8. The van der Waals surface area contributed by atoms with Crippen LogP contribution in [0.3, 0.4) is 0 Å². The van der Waals surface area contributed by atoms with Crippen molar-refractivity contribution in [1.82, 2.24) is 15.5 Å². The largest absolute Gasteiger partial charge is 0.391 e. The highest BCUT2D eigenvalue weighted by Gasteiger charge is 2.43. The lowest BCUT2D eigenvalue weighted by Crippen LogP contribution is -2.60. The van der Waals surface area contributed by atoms with E-state index in [4.69, 9.17) is 27.4 Å². The van der Waals surface area contributed by atoms with E-state index in [2.05, 4.69) is 55.4 Å². The predicted octanol–water partition coefficient (Wildman–Crippen LogP) is 6.03. The molecular weight excluding hydrogens is 645 g/mol. The summed E-state index contributed by atoms with van der Waals surface area (Å²) in [4.78, 5) is 2.22. The van der Waals surface area contributed by atoms with E-state index in [0.29, 0.717) is 36.9 Å². The number of hydrogen-bond donors (Lipinski definition) is 5. The van der Waals surface area contributed by atoms with Crippen LogP contribution >= 0.6 is 12.2 Å². The summed E-state index contributed by atoms with van der Waals surface area (Å²) in [5.74, 6) is 1.75. The molecule has 50 heavy (non-hydrogen) atoms. The standard InChI is InChI=1S/C21H32N2O2S.C16H25NO2.C4H9N/c1-3-17-13-18(24)19(22-21(26)23-11-7-8-12-23)20(15(17)2)25-14-16-9-5-4-6-10-16;1-3-13-9-14(18)15(17)16(11(13)2)19-10-12-7-5-4-6-8-12;1-2-4-5-3-1/h4-6,9-10,15,17-20,24H,3,7-8,11-14H2,1-2H3,(H,22,26);4-8,11,13-16,18H,3,9-10,17H2,1-2H3;5H,1-4H2/t15-,17+,18-,19+,20+;11-,13+,14-,15+,16+;/m11./s1. The molecule has 9 heteroatoms. The number of benzene rings is 2. The molecule has 2 saturated heterocycles. The van der Waals surface area contributed by atoms with Gasteiger partial charge in [-0.3, -0.25) is 0 Å². The summed E-state index contributed by atoms with van der Waals surface area (Å²) in [6, 6.07) is 19.9. The van der Waals surface area contributed by atoms with Gasteiger partial charge in [-0.1, -0.05) is 101 Å². The van der Waals surface area contributed by atoms with Crippen LogP contribution in [0.1, 0.15) is 90.2 Å². The molecule has 2 aromatic rings. The second-order valence-electron chi connectivity index (χ2n) is 14.9. The maximum absolute atomic E-state index is 10.8. The van der Waals surface area contributed by atoms with Crippen molar-refractivity contribution in [3.8, 4) is 0 Å². The molecule has 0 unspecified atom stereocenters. The molecule has 0 aromatic heterocycles. The van der Waals surface area contributed by atoms with Gasteiger partial charge in [0.2, 0.25) is 0 Å². The zero-order valence-electron chi connectivity index (χ0n) is 31.1. The highest BCUT2D eigenvalue weighted by molar-refractivity contribution is 7.80. The predicted molar refractivity (Wildman–Crippen MR) is 208 cm³/mol. The van der Waals surface area contributed by atoms with Gasteiger partial charge in [0.15, 0.2) is 5.11 Å². The molecule has 0 amide bonds. The third-order valence-electron chi connectivity index (χ3n) is 11.5. The number of ether oxygens (including phenoxy) is 2. The number of rotatable bonds is 9. The van der Waals surface area contributed by atoms with E-state index in [1.807, 2.05) is 48.5 Å². The van der Waals surface area contributed by atoms with Gasteiger partial charge in [0.05, 0.1) is 49.7 Å². The van der Waals surface area contributed by atoms with Gasteiger partial charge in [0.25, 0.3) is 0 Å². The Morgan fingerprint density at radius 2 is 1.26 bits per heavy atom. The molecule has 6 rings (SSSR count). The van der Waals surface area contributed by atoms with Crippen LogP contribution in [0.15, 0.2) is 60.7 Å². The quantitative estimate of drug-likeness (QED) is 0.199. The smallest absolute Gasteiger partial charge is 0.169 e. The Bertz CT molecular complexity index is 1210. The summed E-state index contributed by atoms with van der Waals surface area (Å²) in [6.45, 7) is 14.5. The Balaban J connectivity index is 0.000000204. The topological polar surface area (TPSA) is 112 Å². The lowest BCUT2D eigenvalue weighted by molar-refractivity contribution is -0.0956. The molecule has 2 aliphatic carbocycles. The second-order valence-corrected chi connectivity index (χ2v) is 15.3. The van der Waals surface area contributed by atoms with E-state index in [0.717, 1.165) is 55.0 Å². The maximum atomic E-state index is 10.8. The summed E-state index contributed by atoms with van der Waals surface area (Å²) >= 11 is 5.62. The molecule has 0 spiro atoms. The Kier molecular flexibility index (Phi) is 17.4. The first-order chi connectivity index (χ1) is 24.2. The van der Waals surface area contributed by atoms with Crippen LogP contribution in [0, 0.1) is 23.7 Å². The summed E-state index contributed by atoms with van der Waals surface area (Å²) in [6.07, 6.45) is 7.91. The number of nitrogens with one attached hydrogen (secondary N) is 2. The molecule has 10 atom stereocenters. The van der Waals surface area contributed by atoms with E-state index < -0.39 is 12.2 Å². The first-order valence-electron chi connectivity index (χ1n) is 19.4. The fourth-order valence-corrected chi connectivity index (χ4v) is 8.41. The molecule has 2 aromatic carbocycles. The minimum Gasteiger partial charge on any atom is -0.391 e. The van der Waals surface area contributed by atoms with Crippen LogP contribution in [0.4, 0.5) is 0 Å². The van der Waals surface area contributed by atoms with Gasteiger partial charge in [-0.2, -0.15) is 0 Å². The van der Waals surface area contributed by atoms with Crippen molar-refractivity contribution in [3.05, 3.63) is 71.8 Å². The van der Waals surface area contributed by atoms with Crippen molar-refractivity contribution in [2.75, 3.05) is 26.2 Å². The first kappa shape index (κ1) is 40.7. The number of aliphatic hydroxyl groups excluding tert-OH is 2. The number of hydrogen-bond acceptors (Lipinski definition) is 7. The van der Waals surface area contributed by atoms with E-state index in [9.17, 15) is 10.2 Å². The molecule has 280 valence electrons. The van der Waals surface area contributed by atoms with Crippen LogP contribution in [0.25, 0.3) is 0 Å². The Labute approximate surface area is 307 Å². The van der Waals surface area contributed by atoms with Crippen LogP contribution in [0.2, 0.25) is 0 Å². The molecular formula is C41H66N4O4S. The Hall–Kier alpha value is -2.11. The van der Waals surface area contributed by atoms with E-state index in [-0.39, 0.29) is 24.3 Å². The van der Waals surface area contributed by atoms with Crippen molar-refractivity contribution in [1.29, 1.82) is 0 Å². The summed E-state index contributed by atoms with van der Waals surface area (Å²) in [5, 5.41) is 28.3. The lowest BCUT2D eigenvalue weighted by atomic mass is 9.73. The van der Waals surface area contributed by atoms with Crippen LogP contribution in [-0.4, -0.2) is 82.9 Å². The van der Waals surface area contributed by atoms with Gasteiger partial charge >= 0.3 is 0 Å². The maximum Gasteiger partial charge on any atom is 0.169 e. The molecule has 0 radical (unpaired) electrons. The SMILES string of the molecule is C1CCNC1.CC[C@H]1C[C@@H](O)[C@H](N)[C@@H](OCc2ccccc2)[C@@H]1C.CC[C@H]1C[C@@H](O)[C@H](NC(=S)N2CCCC2)[C@@H](OCc2ccccc2)[C@@H]1C. The zero-order chi connectivity index (χ0) is 35.9. The monoisotopic (exact) mass is 710 g/mol. The highest BCUT2D eigenvalue weighted by atomic mass is 32.1. The average molecular weight is 711 g/mol. The molecule has 8 nitrogen and oxygen atoms in total. The second kappa shape index (κ2) is 21.4. The van der Waals surface area contributed by atoms with Crippen molar-refractivity contribution >= 4 is 17.3 Å². The third-order valence-corrected chi connectivity index (χ3v) is 11.8. The summed E-state index contributed by atoms with van der Waals surface area (Å²) < 4.78 is 12.4. The van der Waals surface area contributed by atoms with Crippen molar-refractivity contribution in [2.45, 2.75) is 129 Å². The van der Waals surface area contributed by atoms with Crippen LogP contribution in [-0.2, 0) is 22.7 Å². The van der Waals surface area contributed by atoms with E-state index in [1.165, 1.54) is 38.8 Å². The number of thiocarbonyl (C=S) groups is 1. The van der Waals surface area contributed by atoms with E-state index >= 15 is 0 Å². The van der Waals surface area contributed by atoms with Gasteiger partial charge in [-0.15, -0.1) is 0 Å². The van der Waals surface area contributed by atoms with Crippen molar-refractivity contribution < 1.29 is 19.7 Å². The van der Waals surface area contributed by atoms with Gasteiger partial charge in [0, 0.05) is 13.1 Å². The molecule has 2 heterocycles. The van der Waals surface area contributed by atoms with Crippen molar-refractivity contribution in [2.24, 2.45) is 29.4 Å². The number of nitrogens with zero attached hydrogens (tertiary/aromatic N) is 1. The van der Waals surface area contributed by atoms with Gasteiger partial charge in [-0.05, 0) is 98.6 Å². The number of likely N-dealkylation sites (tertiary alicyclic amines) is 1. The van der Waals surface area contributed by atoms with Crippen LogP contribution < -0.4 is 16.4 Å². The Morgan fingerprint density at radius 3 is 1.74 bits per heavy atom. The third kappa shape index (κ3) is 12.0. The minimum absolute atomic E-state index is 0.0514. The molecule has 6 N–H and O–H groups in total. The molecule has 0 bridgehead atoms. The normalized spacial score (nSPS) is 32.3. The van der Waals surface area contributed by atoms with Gasteiger partial charge < -0.3 is 41.0 Å². The zero-order valence-corrected chi connectivity index (χ0v) is 31.9. The summed E-state index contributed by atoms with van der Waals surface area (Å²) in [5.41, 5.74) is 8.43. The highest BCUT2D eigenvalue weighted by Crippen LogP contribution is 2.36. The van der Waals surface area contributed by atoms with Gasteiger partial charge in [0.1, 0.15) is 0 Å². The van der Waals surface area contributed by atoms with E-state index in [1.54, 1.807) is 0 Å². The van der Waals surface area contributed by atoms with Crippen LogP contribution in [0.5, 0.6) is 0 Å². The molecule has 4 aliphatic rings. The summed E-state index contributed by atoms with van der Waals surface area (Å²) in [7, 11) is 0.